The van der Waals surface area contributed by atoms with E-state index in [-0.39, 0.29) is 85.3 Å². The minimum Gasteiger partial charge on any atom is -0.481 e. The van der Waals surface area contributed by atoms with Gasteiger partial charge in [0.05, 0.1) is 61.5 Å². The number of carbonyl (C=O) groups excluding carboxylic acids is 6. The number of aliphatic hydroxyl groups excluding tert-OH is 1. The van der Waals surface area contributed by atoms with Crippen LogP contribution in [-0.2, 0) is 87.8 Å². The van der Waals surface area contributed by atoms with Crippen LogP contribution in [0.15, 0.2) is 120 Å². The molecule has 6 aliphatic heterocycles. The number of Topliss-reactive ketones (excluding diaryl/α,β-unsaturated/α-hetero) is 2. The number of nitrogens with zero attached hydrogens (tertiary/aromatic N) is 15. The number of ether oxygens (including phenoxy) is 8. The third kappa shape index (κ3) is 24.3. The fraction of sp³-hybridized carbons (Fsp3) is 0.586. The van der Waals surface area contributed by atoms with Gasteiger partial charge in [-0.15, -0.1) is 0 Å². The van der Waals surface area contributed by atoms with Gasteiger partial charge in [0.15, 0.2) is 22.1 Å². The fourth-order valence-electron chi connectivity index (χ4n) is 20.0. The fourth-order valence-corrected chi connectivity index (χ4v) is 20.2. The van der Waals surface area contributed by atoms with Gasteiger partial charge in [-0.25, -0.2) is 39.4 Å². The number of piperazine rings is 2. The van der Waals surface area contributed by atoms with E-state index in [1.165, 1.54) is 23.9 Å². The molecule has 11 heterocycles. The van der Waals surface area contributed by atoms with E-state index < -0.39 is 77.9 Å². The van der Waals surface area contributed by atoms with Crippen molar-refractivity contribution in [3.63, 3.8) is 0 Å². The van der Waals surface area contributed by atoms with Crippen molar-refractivity contribution < 1.29 is 81.3 Å². The Bertz CT molecular complexity index is 5370. The molecule has 2 aromatic carbocycles. The number of hydrogen-bond acceptors (Lipinski definition) is 31. The van der Waals surface area contributed by atoms with Crippen LogP contribution in [0.25, 0.3) is 33.4 Å². The Morgan fingerprint density at radius 1 is 0.709 bits per heavy atom. The maximum Gasteiger partial charge on any atom is 0.329 e. The zero-order chi connectivity index (χ0) is 95.0. The van der Waals surface area contributed by atoms with Crippen molar-refractivity contribution in [2.75, 3.05) is 135 Å². The van der Waals surface area contributed by atoms with Crippen LogP contribution in [0.1, 0.15) is 171 Å². The summed E-state index contributed by atoms with van der Waals surface area (Å²) in [6, 6.07) is 10.8. The van der Waals surface area contributed by atoms with Crippen LogP contribution in [0.4, 0.5) is 23.7 Å². The molecule has 5 aromatic heterocycles. The smallest absolute Gasteiger partial charge is 0.329 e. The van der Waals surface area contributed by atoms with Gasteiger partial charge in [-0.1, -0.05) is 89.3 Å². The number of piperidine rings is 1. The van der Waals surface area contributed by atoms with E-state index in [0.717, 1.165) is 67.0 Å². The monoisotopic (exact) mass is 1860 g/mol. The number of hydrogen-bond donors (Lipinski definition) is 4. The average Bonchev–Trinajstić information content (AvgIpc) is 1.55. The molecule has 1 aliphatic carbocycles. The van der Waals surface area contributed by atoms with Gasteiger partial charge in [0.2, 0.25) is 23.6 Å². The van der Waals surface area contributed by atoms with Gasteiger partial charge in [-0.05, 0) is 172 Å². The first kappa shape index (κ1) is 99.5. The number of rotatable bonds is 23. The Morgan fingerprint density at radius 3 is 2.18 bits per heavy atom. The Balaban J connectivity index is 0.502. The zero-order valence-corrected chi connectivity index (χ0v) is 80.0. The predicted octanol–water partition coefficient (Wildman–Crippen LogP) is 10.4. The molecule has 134 heavy (non-hydrogen) atoms. The van der Waals surface area contributed by atoms with Crippen LogP contribution in [0.5, 0.6) is 0 Å². The summed E-state index contributed by atoms with van der Waals surface area (Å²) in [5, 5.41) is 30.2. The molecule has 0 spiro atoms. The Morgan fingerprint density at radius 2 is 1.45 bits per heavy atom. The molecule has 2 bridgehead atoms. The van der Waals surface area contributed by atoms with Gasteiger partial charge in [-0.3, -0.25) is 28.9 Å². The second-order valence-corrected chi connectivity index (χ2v) is 37.9. The third-order valence-corrected chi connectivity index (χ3v) is 28.4. The summed E-state index contributed by atoms with van der Waals surface area (Å²) in [6.45, 7) is 21.6. The topological polar surface area (TPSA) is 409 Å². The highest BCUT2D eigenvalue weighted by molar-refractivity contribution is 7.80. The van der Waals surface area contributed by atoms with Crippen molar-refractivity contribution in [2.45, 2.75) is 225 Å². The van der Waals surface area contributed by atoms with Crippen LogP contribution in [-0.4, -0.2) is 289 Å². The minimum atomic E-state index is -2.45. The lowest BCUT2D eigenvalue weighted by Crippen LogP contribution is -2.61. The number of oxazole rings is 1. The van der Waals surface area contributed by atoms with Crippen LogP contribution in [0, 0.1) is 35.5 Å². The number of nitrogen functional groups attached to an aromatic ring is 2. The first-order valence-corrected chi connectivity index (χ1v) is 47.9. The Kier molecular flexibility index (Phi) is 34.1. The zero-order valence-electron chi connectivity index (χ0n) is 79.2. The second-order valence-electron chi connectivity index (χ2n) is 37.5. The minimum absolute atomic E-state index is 0.0123. The highest BCUT2D eigenvalue weighted by atomic mass is 32.1. The van der Waals surface area contributed by atoms with E-state index in [9.17, 15) is 34.2 Å². The molecule has 7 aliphatic rings. The van der Waals surface area contributed by atoms with Gasteiger partial charge in [-0.2, -0.15) is 10.1 Å². The van der Waals surface area contributed by atoms with Gasteiger partial charge < -0.3 is 88.5 Å². The third-order valence-electron chi connectivity index (χ3n) is 28.1. The summed E-state index contributed by atoms with van der Waals surface area (Å²) < 4.78 is 56.9. The van der Waals surface area contributed by atoms with Crippen molar-refractivity contribution in [3.05, 3.63) is 143 Å². The molecule has 6 N–H and O–H groups in total. The maximum absolute atomic E-state index is 15.0. The molecule has 0 unspecified atom stereocenters. The van der Waals surface area contributed by atoms with Crippen molar-refractivity contribution in [1.29, 1.82) is 0 Å². The molecule has 5 fully saturated rings. The number of esters is 1. The second kappa shape index (κ2) is 45.9. The lowest BCUT2D eigenvalue weighted by Gasteiger charge is -2.43. The number of aliphatic hydroxyl groups is 2. The van der Waals surface area contributed by atoms with E-state index in [4.69, 9.17) is 81.1 Å². The van der Waals surface area contributed by atoms with Crippen LogP contribution >= 0.6 is 12.2 Å². The molecule has 722 valence electrons. The molecule has 34 nitrogen and oxygen atoms in total. The predicted molar refractivity (Wildman–Crippen MR) is 509 cm³/mol. The molecule has 1 saturated carbocycles. The van der Waals surface area contributed by atoms with E-state index in [2.05, 4.69) is 57.8 Å². The average molecular weight is 1870 g/mol. The number of methoxy groups -OCH3 is 4. The SMILES string of the molecule is CO[C@H]1C[C@@H]2CC[C@@H](C)[C@@](O)(O2)C(=O)C(=O)N2CCCC[C@H]2C(=O)O[C@H]([C@H](C)C[C@@H]2CC[C@@H](OC(=S)CCc3cnc(N4CCN(C(=O)CCOCCN5CCN(c6ncc(C(=O)N7CCc8cc(Cn9nc(-c%10ccc%11oc(N)nc%11c%10)c%10c(N)ncnc%109)ccc8C7)cn6)CC5)CC4)nc3)[C@H](OC)C2)C[C@@H](OC)[C@H](C)/C=C(\C)[C@@H](O)[C@@H](OC)C(=O)[C@H](C)C[C@H](C)/C=C/C=C/C=C/1C. The van der Waals surface area contributed by atoms with Crippen molar-refractivity contribution >= 4 is 98.4 Å². The van der Waals surface area contributed by atoms with Crippen molar-refractivity contribution in [3.8, 4) is 11.3 Å². The number of anilines is 4. The highest BCUT2D eigenvalue weighted by Gasteiger charge is 2.54. The summed E-state index contributed by atoms with van der Waals surface area (Å²) in [4.78, 5) is 129. The lowest BCUT2D eigenvalue weighted by molar-refractivity contribution is -0.265. The molecule has 7 aromatic rings. The van der Waals surface area contributed by atoms with E-state index in [1.54, 1.807) is 53.6 Å². The van der Waals surface area contributed by atoms with Gasteiger partial charge in [0.1, 0.15) is 53.8 Å². The van der Waals surface area contributed by atoms with Gasteiger partial charge in [0, 0.05) is 174 Å². The summed E-state index contributed by atoms with van der Waals surface area (Å²) in [5.41, 5.74) is 21.4. The molecule has 3 amide bonds. The molecule has 14 rings (SSSR count). The summed E-state index contributed by atoms with van der Waals surface area (Å²) in [5.74, 6) is -5.73. The first-order valence-electron chi connectivity index (χ1n) is 47.5. The Hall–Kier alpha value is -10.5. The Labute approximate surface area is 789 Å². The normalized spacial score (nSPS) is 28.3. The van der Waals surface area contributed by atoms with Crippen LogP contribution in [0.3, 0.4) is 0 Å². The number of fused-ring (bicyclic) bond motifs is 6. The largest absolute Gasteiger partial charge is 0.481 e. The lowest BCUT2D eigenvalue weighted by atomic mass is 9.78. The molecular weight excluding hydrogens is 1730 g/mol. The number of allylic oxidation sites excluding steroid dienone is 5. The quantitative estimate of drug-likeness (QED) is 0.0152. The summed E-state index contributed by atoms with van der Waals surface area (Å²) in [6.07, 6.45) is 22.4. The molecule has 0 radical (unpaired) electrons. The number of carbonyl (C=O) groups is 6. The summed E-state index contributed by atoms with van der Waals surface area (Å²) >= 11 is 5.89. The number of cyclic esters (lactones) is 1. The number of aryl methyl sites for hydroxylation is 1. The number of ketones is 2. The standard InChI is InChI=1S/C99H133N17O17S/c1-60-17-13-12-14-18-61(2)79(125-8)51-74-26-20-66(7)99(124,133-74)90(120)94(122)115-32-16-15-19-76(115)95(123)131-81(52-80(126-9)62(3)46-65(6)88(119)89(128-11)87(118)64(5)45-60)63(4)47-67-22-27-78(82(49-67)127-10)130-84(134)29-23-69-53-102-97(103-54-69)113-40-38-111(39-41-113)83(117)31-43-129-44-42-110-34-36-112(37-35-110)98-104-55-73(56-105-98)93(121)114-33-30-70-48-68(21-24-72(70)58-114)57-116-92-85(91(100)106-59-107-92)86(109-116)71-25-28-77-75(50-71)108-96(101)132-77/h12-14,17-18,21,24-25,28,46,48,50,53-56,59-60,62-64,66-67,74,76,78-82,88-89,119,124H,15-16,19-20,22-23,26-27,29-45,47,49,51-52,57-58H2,1-11H3,(H2,101,108)(H2,100,106,107)/b14-12+,17-13+,61-18+,65-46+/t60-,62-,63-,64-,66-,67+,74+,76+,78-,79+,80-,81+,82-,88-,89+,99-/m1/s1. The molecule has 35 heteroatoms. The van der Waals surface area contributed by atoms with Crippen molar-refractivity contribution in [2.24, 2.45) is 35.5 Å². The number of thiocarbonyl (C=S) groups is 1. The number of benzene rings is 2. The van der Waals surface area contributed by atoms with E-state index in [0.29, 0.717) is 198 Å². The summed E-state index contributed by atoms with van der Waals surface area (Å²) in [7, 11) is 6.28. The first-order chi connectivity index (χ1) is 64.6. The van der Waals surface area contributed by atoms with Gasteiger partial charge in [0.25, 0.3) is 23.6 Å². The van der Waals surface area contributed by atoms with Crippen LogP contribution in [0.2, 0.25) is 0 Å². The molecular formula is C99H133N17O17S. The van der Waals surface area contributed by atoms with E-state index >= 15 is 4.79 Å². The van der Waals surface area contributed by atoms with Crippen LogP contribution < -0.4 is 21.3 Å². The van der Waals surface area contributed by atoms with Gasteiger partial charge >= 0.3 is 5.97 Å². The molecule has 4 saturated heterocycles. The number of aromatic nitrogens is 9. The highest BCUT2D eigenvalue weighted by Crippen LogP contribution is 2.41. The number of nitrogens with two attached hydrogens (primary N) is 2. The van der Waals surface area contributed by atoms with E-state index in [1.807, 2.05) is 110 Å². The maximum atomic E-state index is 15.0. The number of amides is 3. The molecule has 16 atom stereocenters. The van der Waals surface area contributed by atoms with Crippen molar-refractivity contribution in [1.82, 2.24) is 64.3 Å².